The molecule has 0 aliphatic heterocycles. The fourth-order valence-electron chi connectivity index (χ4n) is 3.24. The number of hydrogen-bond donors (Lipinski definition) is 1. The van der Waals surface area contributed by atoms with E-state index in [0.29, 0.717) is 12.3 Å². The molecule has 3 aromatic rings. The fraction of sp³-hybridized carbons (Fsp3) is 0.364. The molecule has 0 unspecified atom stereocenters. The van der Waals surface area contributed by atoms with Gasteiger partial charge < -0.3 is 9.73 Å². The van der Waals surface area contributed by atoms with Crippen molar-refractivity contribution in [2.75, 3.05) is 5.32 Å². The predicted molar refractivity (Wildman–Crippen MR) is 106 cm³/mol. The zero-order valence-electron chi connectivity index (χ0n) is 16.0. The topological polar surface area (TPSA) is 55.1 Å². The van der Waals surface area contributed by atoms with E-state index in [2.05, 4.69) is 30.2 Å². The van der Waals surface area contributed by atoms with Crippen molar-refractivity contribution in [3.8, 4) is 11.5 Å². The highest BCUT2D eigenvalue weighted by molar-refractivity contribution is 5.92. The molecule has 0 atom stereocenters. The predicted octanol–water partition coefficient (Wildman–Crippen LogP) is 5.94. The molecule has 0 bridgehead atoms. The van der Waals surface area contributed by atoms with Gasteiger partial charge >= 0.3 is 0 Å². The average molecular weight is 350 g/mol. The molecule has 0 saturated heterocycles. The van der Waals surface area contributed by atoms with Crippen LogP contribution in [0.4, 0.5) is 5.69 Å². The first-order valence-corrected chi connectivity index (χ1v) is 9.27. The van der Waals surface area contributed by atoms with Crippen LogP contribution < -0.4 is 5.32 Å². The number of carbonyl (C=O) groups is 1. The number of fused-ring (bicyclic) bond motifs is 1. The van der Waals surface area contributed by atoms with Crippen LogP contribution in [0.2, 0.25) is 0 Å². The summed E-state index contributed by atoms with van der Waals surface area (Å²) in [5, 5.41) is 3.03. The summed E-state index contributed by atoms with van der Waals surface area (Å²) in [5.74, 6) is 0.649. The van der Waals surface area contributed by atoms with Gasteiger partial charge in [-0.25, -0.2) is 4.98 Å². The third kappa shape index (κ3) is 3.79. The van der Waals surface area contributed by atoms with Gasteiger partial charge in [-0.3, -0.25) is 4.79 Å². The minimum atomic E-state index is 0.0581. The van der Waals surface area contributed by atoms with E-state index in [-0.39, 0.29) is 5.91 Å². The van der Waals surface area contributed by atoms with Gasteiger partial charge in [0.15, 0.2) is 5.58 Å². The molecule has 26 heavy (non-hydrogen) atoms. The number of carbonyl (C=O) groups excluding carboxylic acids is 1. The monoisotopic (exact) mass is 350 g/mol. The van der Waals surface area contributed by atoms with Crippen molar-refractivity contribution < 1.29 is 9.21 Å². The van der Waals surface area contributed by atoms with E-state index in [1.165, 1.54) is 5.56 Å². The van der Waals surface area contributed by atoms with Crippen molar-refractivity contribution >= 4 is 22.7 Å². The van der Waals surface area contributed by atoms with Crippen LogP contribution in [0.1, 0.15) is 49.3 Å². The number of anilines is 1. The molecule has 1 N–H and O–H groups in total. The van der Waals surface area contributed by atoms with Gasteiger partial charge in [0, 0.05) is 17.7 Å². The van der Waals surface area contributed by atoms with Gasteiger partial charge in [0.1, 0.15) is 5.52 Å². The second-order valence-electron chi connectivity index (χ2n) is 6.93. The van der Waals surface area contributed by atoms with Gasteiger partial charge in [0.2, 0.25) is 11.8 Å². The molecule has 0 fully saturated rings. The summed E-state index contributed by atoms with van der Waals surface area (Å²) >= 11 is 0. The Bertz CT molecular complexity index is 941. The van der Waals surface area contributed by atoms with Gasteiger partial charge in [-0.05, 0) is 62.1 Å². The van der Waals surface area contributed by atoms with Crippen LogP contribution in [0.15, 0.2) is 34.7 Å². The maximum Gasteiger partial charge on any atom is 0.227 e. The van der Waals surface area contributed by atoms with E-state index in [9.17, 15) is 4.79 Å². The zero-order valence-corrected chi connectivity index (χ0v) is 16.0. The number of unbranched alkanes of at least 4 members (excludes halogenated alkanes) is 2. The molecule has 136 valence electrons. The molecule has 0 aliphatic carbocycles. The van der Waals surface area contributed by atoms with Crippen LogP contribution in [0.3, 0.4) is 0 Å². The lowest BCUT2D eigenvalue weighted by Gasteiger charge is -2.10. The van der Waals surface area contributed by atoms with Crippen LogP contribution in [0, 0.1) is 20.8 Å². The first-order chi connectivity index (χ1) is 12.5. The van der Waals surface area contributed by atoms with E-state index in [4.69, 9.17) is 4.42 Å². The highest BCUT2D eigenvalue weighted by atomic mass is 16.3. The molecule has 4 heteroatoms. The SMILES string of the molecule is CCCCCC(=O)Nc1cccc(-c2nc3cc(C)cc(C)c3o2)c1C. The largest absolute Gasteiger partial charge is 0.436 e. The lowest BCUT2D eigenvalue weighted by Crippen LogP contribution is -2.12. The summed E-state index contributed by atoms with van der Waals surface area (Å²) in [6.45, 7) is 8.21. The number of nitrogens with zero attached hydrogens (tertiary/aromatic N) is 1. The molecule has 0 radical (unpaired) electrons. The zero-order chi connectivity index (χ0) is 18.7. The second-order valence-corrected chi connectivity index (χ2v) is 6.93. The van der Waals surface area contributed by atoms with Gasteiger partial charge in [-0.2, -0.15) is 0 Å². The smallest absolute Gasteiger partial charge is 0.227 e. The van der Waals surface area contributed by atoms with Crippen LogP contribution >= 0.6 is 0 Å². The minimum absolute atomic E-state index is 0.0581. The van der Waals surface area contributed by atoms with Gasteiger partial charge in [0.25, 0.3) is 0 Å². The van der Waals surface area contributed by atoms with Crippen LogP contribution in [-0.2, 0) is 4.79 Å². The van der Waals surface area contributed by atoms with Gasteiger partial charge in [-0.15, -0.1) is 0 Å². The number of amides is 1. The molecule has 0 saturated carbocycles. The minimum Gasteiger partial charge on any atom is -0.436 e. The van der Waals surface area contributed by atoms with Crippen molar-refractivity contribution in [3.05, 3.63) is 47.0 Å². The Morgan fingerprint density at radius 2 is 1.96 bits per heavy atom. The Morgan fingerprint density at radius 1 is 1.15 bits per heavy atom. The molecule has 0 spiro atoms. The molecule has 1 heterocycles. The summed E-state index contributed by atoms with van der Waals surface area (Å²) in [6.07, 6.45) is 3.66. The molecule has 4 nitrogen and oxygen atoms in total. The number of aryl methyl sites for hydroxylation is 2. The first-order valence-electron chi connectivity index (χ1n) is 9.27. The van der Waals surface area contributed by atoms with Crippen molar-refractivity contribution in [1.82, 2.24) is 4.98 Å². The van der Waals surface area contributed by atoms with Crippen molar-refractivity contribution in [1.29, 1.82) is 0 Å². The molecule has 3 rings (SSSR count). The number of aromatic nitrogens is 1. The number of hydrogen-bond acceptors (Lipinski definition) is 3. The summed E-state index contributed by atoms with van der Waals surface area (Å²) in [6, 6.07) is 9.96. The molecule has 1 aromatic heterocycles. The maximum atomic E-state index is 12.2. The summed E-state index contributed by atoms with van der Waals surface area (Å²) in [5.41, 5.74) is 6.63. The van der Waals surface area contributed by atoms with Crippen LogP contribution in [0.5, 0.6) is 0 Å². The van der Waals surface area contributed by atoms with Crippen LogP contribution in [0.25, 0.3) is 22.6 Å². The summed E-state index contributed by atoms with van der Waals surface area (Å²) in [7, 11) is 0. The Morgan fingerprint density at radius 3 is 2.73 bits per heavy atom. The molecule has 1 amide bonds. The lowest BCUT2D eigenvalue weighted by atomic mass is 10.1. The Balaban J connectivity index is 1.90. The average Bonchev–Trinajstić information content (AvgIpc) is 3.01. The molecule has 0 aliphatic rings. The van der Waals surface area contributed by atoms with E-state index in [0.717, 1.165) is 52.7 Å². The number of nitrogens with one attached hydrogen (secondary N) is 1. The number of rotatable bonds is 6. The molecular formula is C22H26N2O2. The normalized spacial score (nSPS) is 11.1. The molecular weight excluding hydrogens is 324 g/mol. The Hall–Kier alpha value is -2.62. The quantitative estimate of drug-likeness (QED) is 0.560. The maximum absolute atomic E-state index is 12.2. The standard InChI is InChI=1S/C22H26N2O2/c1-5-6-7-11-20(25)23-18-10-8-9-17(16(18)4)22-24-19-13-14(2)12-15(3)21(19)26-22/h8-10,12-13H,5-7,11H2,1-4H3,(H,23,25). The third-order valence-corrected chi connectivity index (χ3v) is 4.67. The van der Waals surface area contributed by atoms with E-state index >= 15 is 0 Å². The Labute approximate surface area is 154 Å². The fourth-order valence-corrected chi connectivity index (χ4v) is 3.24. The third-order valence-electron chi connectivity index (χ3n) is 4.67. The Kier molecular flexibility index (Phi) is 5.40. The van der Waals surface area contributed by atoms with Crippen molar-refractivity contribution in [3.63, 3.8) is 0 Å². The number of oxazole rings is 1. The van der Waals surface area contributed by atoms with Crippen molar-refractivity contribution in [2.45, 2.75) is 53.4 Å². The van der Waals surface area contributed by atoms with E-state index in [1.807, 2.05) is 38.1 Å². The highest BCUT2D eigenvalue weighted by Crippen LogP contribution is 2.32. The highest BCUT2D eigenvalue weighted by Gasteiger charge is 2.15. The van der Waals surface area contributed by atoms with Gasteiger partial charge in [-0.1, -0.05) is 31.9 Å². The summed E-state index contributed by atoms with van der Waals surface area (Å²) < 4.78 is 6.04. The van der Waals surface area contributed by atoms with Gasteiger partial charge in [0.05, 0.1) is 0 Å². The summed E-state index contributed by atoms with van der Waals surface area (Å²) in [4.78, 5) is 16.8. The first kappa shape index (κ1) is 18.2. The number of benzene rings is 2. The van der Waals surface area contributed by atoms with E-state index < -0.39 is 0 Å². The van der Waals surface area contributed by atoms with E-state index in [1.54, 1.807) is 0 Å². The van der Waals surface area contributed by atoms with Crippen LogP contribution in [-0.4, -0.2) is 10.9 Å². The molecule has 2 aromatic carbocycles. The van der Waals surface area contributed by atoms with Crippen molar-refractivity contribution in [2.24, 2.45) is 0 Å². The lowest BCUT2D eigenvalue weighted by molar-refractivity contribution is -0.116. The second kappa shape index (κ2) is 7.73.